The van der Waals surface area contributed by atoms with Crippen molar-refractivity contribution in [3.63, 3.8) is 0 Å². The molecule has 0 radical (unpaired) electrons. The number of hydrogen-bond acceptors (Lipinski definition) is 3. The summed E-state index contributed by atoms with van der Waals surface area (Å²) in [6, 6.07) is 15.3. The molecule has 6 heteroatoms. The number of rotatable bonds is 7. The smallest absolute Gasteiger partial charge is 0.251 e. The van der Waals surface area contributed by atoms with Crippen LogP contribution in [0.1, 0.15) is 15.9 Å². The Bertz CT molecular complexity index is 769. The van der Waals surface area contributed by atoms with Crippen molar-refractivity contribution in [2.75, 3.05) is 6.54 Å². The molecule has 0 aliphatic carbocycles. The van der Waals surface area contributed by atoms with Crippen LogP contribution in [0.2, 0.25) is 0 Å². The monoisotopic (exact) mass is 330 g/mol. The van der Waals surface area contributed by atoms with Crippen LogP contribution in [0.15, 0.2) is 72.1 Å². The molecule has 0 unspecified atom stereocenters. The van der Waals surface area contributed by atoms with E-state index in [2.05, 4.69) is 16.6 Å². The lowest BCUT2D eigenvalue weighted by atomic mass is 10.2. The van der Waals surface area contributed by atoms with Crippen LogP contribution in [0.4, 0.5) is 0 Å². The molecular weight excluding hydrogens is 312 g/mol. The van der Waals surface area contributed by atoms with Crippen LogP contribution >= 0.6 is 0 Å². The van der Waals surface area contributed by atoms with Crippen LogP contribution in [0.25, 0.3) is 0 Å². The summed E-state index contributed by atoms with van der Waals surface area (Å²) in [7, 11) is -3.57. The molecule has 5 nitrogen and oxygen atoms in total. The van der Waals surface area contributed by atoms with Gasteiger partial charge in [0.15, 0.2) is 0 Å². The maximum Gasteiger partial charge on any atom is 0.251 e. The second kappa shape index (κ2) is 7.71. The van der Waals surface area contributed by atoms with Crippen LogP contribution in [-0.2, 0) is 16.6 Å². The zero-order valence-corrected chi connectivity index (χ0v) is 13.3. The molecule has 1 amide bonds. The average Bonchev–Trinajstić information content (AvgIpc) is 2.59. The molecule has 0 fully saturated rings. The Hall–Kier alpha value is -2.44. The number of nitrogens with one attached hydrogen (secondary N) is 2. The molecule has 0 heterocycles. The summed E-state index contributed by atoms with van der Waals surface area (Å²) in [5, 5.41) is 2.79. The highest BCUT2D eigenvalue weighted by Gasteiger charge is 2.13. The van der Waals surface area contributed by atoms with Crippen molar-refractivity contribution in [2.45, 2.75) is 11.4 Å². The standard InChI is InChI=1S/C17H18N2O3S/c1-2-12-19-23(21,22)16-10-8-15(9-11-16)17(20)18-13-14-6-4-3-5-7-14/h2-11,19H,1,12-13H2,(H,18,20). The van der Waals surface area contributed by atoms with E-state index in [0.29, 0.717) is 12.1 Å². The van der Waals surface area contributed by atoms with Gasteiger partial charge in [0.25, 0.3) is 5.91 Å². The van der Waals surface area contributed by atoms with Crippen LogP contribution < -0.4 is 10.0 Å². The van der Waals surface area contributed by atoms with Crippen molar-refractivity contribution in [3.8, 4) is 0 Å². The molecule has 0 atom stereocenters. The van der Waals surface area contributed by atoms with Gasteiger partial charge in [-0.2, -0.15) is 0 Å². The normalized spacial score (nSPS) is 11.0. The van der Waals surface area contributed by atoms with Gasteiger partial charge < -0.3 is 5.32 Å². The number of benzene rings is 2. The highest BCUT2D eigenvalue weighted by Crippen LogP contribution is 2.10. The largest absolute Gasteiger partial charge is 0.348 e. The second-order valence-corrected chi connectivity index (χ2v) is 6.60. The van der Waals surface area contributed by atoms with Gasteiger partial charge in [-0.05, 0) is 29.8 Å². The quantitative estimate of drug-likeness (QED) is 0.763. The molecule has 0 aliphatic rings. The summed E-state index contributed by atoms with van der Waals surface area (Å²) in [5.74, 6) is -0.253. The molecule has 120 valence electrons. The maximum absolute atomic E-state index is 12.1. The predicted molar refractivity (Wildman–Crippen MR) is 89.4 cm³/mol. The van der Waals surface area contributed by atoms with Crippen LogP contribution in [0.3, 0.4) is 0 Å². The summed E-state index contributed by atoms with van der Waals surface area (Å²) in [4.78, 5) is 12.2. The fraction of sp³-hybridized carbons (Fsp3) is 0.118. The summed E-state index contributed by atoms with van der Waals surface area (Å²) in [6.45, 7) is 4.03. The zero-order chi connectivity index (χ0) is 16.7. The number of carbonyl (C=O) groups excluding carboxylic acids is 1. The molecule has 2 rings (SSSR count). The lowest BCUT2D eigenvalue weighted by molar-refractivity contribution is 0.0951. The van der Waals surface area contributed by atoms with Crippen molar-refractivity contribution in [3.05, 3.63) is 78.4 Å². The third kappa shape index (κ3) is 4.77. The van der Waals surface area contributed by atoms with Gasteiger partial charge in [0, 0.05) is 18.7 Å². The highest BCUT2D eigenvalue weighted by molar-refractivity contribution is 7.89. The van der Waals surface area contributed by atoms with Crippen molar-refractivity contribution < 1.29 is 13.2 Å². The van der Waals surface area contributed by atoms with Crippen molar-refractivity contribution in [2.24, 2.45) is 0 Å². The number of hydrogen-bond donors (Lipinski definition) is 2. The van der Waals surface area contributed by atoms with Gasteiger partial charge in [0.1, 0.15) is 0 Å². The minimum absolute atomic E-state index is 0.110. The Morgan fingerprint density at radius 3 is 2.30 bits per heavy atom. The van der Waals surface area contributed by atoms with Crippen molar-refractivity contribution >= 4 is 15.9 Å². The van der Waals surface area contributed by atoms with E-state index in [9.17, 15) is 13.2 Å². The molecule has 0 spiro atoms. The molecule has 0 saturated heterocycles. The Labute approximate surface area is 136 Å². The van der Waals surface area contributed by atoms with E-state index in [1.807, 2.05) is 30.3 Å². The third-order valence-corrected chi connectivity index (χ3v) is 4.58. The number of carbonyl (C=O) groups is 1. The molecule has 2 aromatic carbocycles. The van der Waals surface area contributed by atoms with Gasteiger partial charge in [0.05, 0.1) is 4.90 Å². The summed E-state index contributed by atoms with van der Waals surface area (Å²) in [6.07, 6.45) is 1.46. The Kier molecular flexibility index (Phi) is 5.67. The van der Waals surface area contributed by atoms with E-state index in [1.165, 1.54) is 30.3 Å². The van der Waals surface area contributed by atoms with Crippen molar-refractivity contribution in [1.82, 2.24) is 10.0 Å². The predicted octanol–water partition coefficient (Wildman–Crippen LogP) is 2.08. The Morgan fingerprint density at radius 2 is 1.70 bits per heavy atom. The lowest BCUT2D eigenvalue weighted by Crippen LogP contribution is -2.24. The first kappa shape index (κ1) is 16.9. The van der Waals surface area contributed by atoms with E-state index in [-0.39, 0.29) is 17.3 Å². The van der Waals surface area contributed by atoms with Gasteiger partial charge in [-0.3, -0.25) is 4.79 Å². The molecule has 2 N–H and O–H groups in total. The van der Waals surface area contributed by atoms with Gasteiger partial charge in [-0.25, -0.2) is 13.1 Å². The van der Waals surface area contributed by atoms with Crippen LogP contribution in [-0.4, -0.2) is 20.9 Å². The summed E-state index contributed by atoms with van der Waals surface area (Å²) in [5.41, 5.74) is 1.40. The molecule has 0 saturated carbocycles. The Balaban J connectivity index is 2.01. The van der Waals surface area contributed by atoms with E-state index in [0.717, 1.165) is 5.56 Å². The lowest BCUT2D eigenvalue weighted by Gasteiger charge is -2.07. The van der Waals surface area contributed by atoms with Gasteiger partial charge in [-0.15, -0.1) is 6.58 Å². The van der Waals surface area contributed by atoms with E-state index in [1.54, 1.807) is 0 Å². The third-order valence-electron chi connectivity index (χ3n) is 3.14. The summed E-state index contributed by atoms with van der Waals surface area (Å²) >= 11 is 0. The van der Waals surface area contributed by atoms with Gasteiger partial charge in [0.2, 0.25) is 10.0 Å². The molecule has 0 aliphatic heterocycles. The first-order valence-electron chi connectivity index (χ1n) is 7.05. The number of sulfonamides is 1. The van der Waals surface area contributed by atoms with Gasteiger partial charge in [-0.1, -0.05) is 36.4 Å². The van der Waals surface area contributed by atoms with Crippen LogP contribution in [0, 0.1) is 0 Å². The van der Waals surface area contributed by atoms with Crippen LogP contribution in [0.5, 0.6) is 0 Å². The molecule has 2 aromatic rings. The van der Waals surface area contributed by atoms with E-state index in [4.69, 9.17) is 0 Å². The minimum Gasteiger partial charge on any atom is -0.348 e. The van der Waals surface area contributed by atoms with E-state index < -0.39 is 10.0 Å². The molecule has 0 aromatic heterocycles. The molecule has 0 bridgehead atoms. The molecule has 23 heavy (non-hydrogen) atoms. The summed E-state index contributed by atoms with van der Waals surface area (Å²) < 4.78 is 26.2. The van der Waals surface area contributed by atoms with Crippen molar-refractivity contribution in [1.29, 1.82) is 0 Å². The first-order chi connectivity index (χ1) is 11.0. The minimum atomic E-state index is -3.57. The fourth-order valence-corrected chi connectivity index (χ4v) is 2.92. The average molecular weight is 330 g/mol. The highest BCUT2D eigenvalue weighted by atomic mass is 32.2. The first-order valence-corrected chi connectivity index (χ1v) is 8.54. The van der Waals surface area contributed by atoms with E-state index >= 15 is 0 Å². The number of amides is 1. The fourth-order valence-electron chi connectivity index (χ4n) is 1.92. The SMILES string of the molecule is C=CCNS(=O)(=O)c1ccc(C(=O)NCc2ccccc2)cc1. The zero-order valence-electron chi connectivity index (χ0n) is 12.5. The second-order valence-electron chi connectivity index (χ2n) is 4.83. The van der Waals surface area contributed by atoms with Gasteiger partial charge >= 0.3 is 0 Å². The topological polar surface area (TPSA) is 75.3 Å². The maximum atomic E-state index is 12.1. The molecular formula is C17H18N2O3S. The Morgan fingerprint density at radius 1 is 1.04 bits per heavy atom.